The zero-order valence-corrected chi connectivity index (χ0v) is 21.5. The van der Waals surface area contributed by atoms with E-state index >= 15 is 4.39 Å². The van der Waals surface area contributed by atoms with E-state index in [1.54, 1.807) is 6.07 Å². The van der Waals surface area contributed by atoms with Crippen molar-refractivity contribution in [2.24, 2.45) is 0 Å². The summed E-state index contributed by atoms with van der Waals surface area (Å²) in [4.78, 5) is 16.8. The van der Waals surface area contributed by atoms with Crippen LogP contribution in [0.5, 0.6) is 5.75 Å². The number of benzene rings is 2. The van der Waals surface area contributed by atoms with Gasteiger partial charge in [-0.05, 0) is 23.8 Å². The Morgan fingerprint density at radius 3 is 2.46 bits per heavy atom. The van der Waals surface area contributed by atoms with Gasteiger partial charge in [0.05, 0.1) is 29.7 Å². The van der Waals surface area contributed by atoms with Crippen molar-refractivity contribution in [3.8, 4) is 5.75 Å². The van der Waals surface area contributed by atoms with E-state index < -0.39 is 23.2 Å². The van der Waals surface area contributed by atoms with Gasteiger partial charge in [0.1, 0.15) is 5.69 Å². The number of hydrogen-bond acceptors (Lipinski definition) is 4. The fourth-order valence-electron chi connectivity index (χ4n) is 4.17. The maximum atomic E-state index is 15.1. The highest BCUT2D eigenvalue weighted by Crippen LogP contribution is 2.41. The van der Waals surface area contributed by atoms with Crippen LogP contribution in [0, 0.1) is 5.82 Å². The van der Waals surface area contributed by atoms with E-state index in [9.17, 15) is 13.6 Å². The summed E-state index contributed by atoms with van der Waals surface area (Å²) < 4.78 is 54.3. The number of nitrogens with zero attached hydrogens (tertiary/aromatic N) is 1. The highest BCUT2D eigenvalue weighted by atomic mass is 35.5. The second-order valence-electron chi connectivity index (χ2n) is 8.82. The Balaban J connectivity index is 1.46. The lowest BCUT2D eigenvalue weighted by Gasteiger charge is -2.37. The van der Waals surface area contributed by atoms with Crippen LogP contribution in [0.15, 0.2) is 54.7 Å². The van der Waals surface area contributed by atoms with Gasteiger partial charge in [0.25, 0.3) is 5.92 Å². The van der Waals surface area contributed by atoms with E-state index in [0.717, 1.165) is 6.07 Å². The third kappa shape index (κ3) is 6.37. The normalized spacial score (nSPS) is 15.3. The Morgan fingerprint density at radius 2 is 1.84 bits per heavy atom. The first-order valence-electron chi connectivity index (χ1n) is 11.8. The summed E-state index contributed by atoms with van der Waals surface area (Å²) in [6, 6.07) is 11.3. The van der Waals surface area contributed by atoms with Gasteiger partial charge in [-0.2, -0.15) is 0 Å². The lowest BCUT2D eigenvalue weighted by atomic mass is 9.89. The zero-order valence-electron chi connectivity index (χ0n) is 20.0. The molecule has 1 saturated heterocycles. The van der Waals surface area contributed by atoms with Crippen molar-refractivity contribution in [2.75, 3.05) is 18.5 Å². The number of halogens is 5. The smallest absolute Gasteiger partial charge is 0.273 e. The molecule has 2 aromatic carbocycles. The molecule has 2 heterocycles. The maximum absolute atomic E-state index is 15.1. The van der Waals surface area contributed by atoms with Gasteiger partial charge in [-0.3, -0.25) is 9.78 Å². The Hall–Kier alpha value is -2.81. The SMILES string of the molecule is CCC(F)(F)c1ccc(CC(=O)Nc2ccc(OC3(c4ncc(Cl)cc4Cl)CCOCC3)c(F)c2)cc1. The molecule has 0 bridgehead atoms. The predicted octanol–water partition coefficient (Wildman–Crippen LogP) is 7.30. The Bertz CT molecular complexity index is 1270. The van der Waals surface area contributed by atoms with Crippen molar-refractivity contribution in [1.29, 1.82) is 0 Å². The highest BCUT2D eigenvalue weighted by molar-refractivity contribution is 6.34. The van der Waals surface area contributed by atoms with E-state index in [0.29, 0.717) is 47.4 Å². The Labute approximate surface area is 222 Å². The highest BCUT2D eigenvalue weighted by Gasteiger charge is 2.40. The number of pyridine rings is 1. The molecule has 0 radical (unpaired) electrons. The minimum absolute atomic E-state index is 0.0276. The number of hydrogen-bond donors (Lipinski definition) is 1. The summed E-state index contributed by atoms with van der Waals surface area (Å²) in [7, 11) is 0. The van der Waals surface area contributed by atoms with E-state index in [1.807, 2.05) is 0 Å². The predicted molar refractivity (Wildman–Crippen MR) is 136 cm³/mol. The molecule has 1 N–H and O–H groups in total. The third-order valence-electron chi connectivity index (χ3n) is 6.25. The van der Waals surface area contributed by atoms with Gasteiger partial charge in [-0.15, -0.1) is 0 Å². The minimum Gasteiger partial charge on any atom is -0.478 e. The van der Waals surface area contributed by atoms with Crippen molar-refractivity contribution in [2.45, 2.75) is 44.1 Å². The second kappa shape index (κ2) is 11.3. The Morgan fingerprint density at radius 1 is 1.14 bits per heavy atom. The van der Waals surface area contributed by atoms with Crippen molar-refractivity contribution >= 4 is 34.8 Å². The number of nitrogens with one attached hydrogen (secondary N) is 1. The quantitative estimate of drug-likeness (QED) is 0.318. The molecule has 0 spiro atoms. The van der Waals surface area contributed by atoms with Crippen molar-refractivity contribution in [3.05, 3.63) is 87.4 Å². The van der Waals surface area contributed by atoms with Crippen LogP contribution in [-0.4, -0.2) is 24.1 Å². The van der Waals surface area contributed by atoms with Crippen molar-refractivity contribution < 1.29 is 27.4 Å². The topological polar surface area (TPSA) is 60.5 Å². The van der Waals surface area contributed by atoms with Crippen LogP contribution in [0.25, 0.3) is 0 Å². The lowest BCUT2D eigenvalue weighted by Crippen LogP contribution is -2.40. The number of anilines is 1. The van der Waals surface area contributed by atoms with E-state index in [4.69, 9.17) is 32.7 Å². The first-order chi connectivity index (χ1) is 17.6. The molecule has 3 aromatic rings. The molecule has 10 heteroatoms. The zero-order chi connectivity index (χ0) is 26.6. The van der Waals surface area contributed by atoms with Crippen LogP contribution in [0.4, 0.5) is 18.9 Å². The molecule has 5 nitrogen and oxygen atoms in total. The molecular formula is C27H25Cl2F3N2O3. The summed E-state index contributed by atoms with van der Waals surface area (Å²) in [5, 5.41) is 3.31. The molecule has 1 fully saturated rings. The van der Waals surface area contributed by atoms with Crippen LogP contribution in [0.3, 0.4) is 0 Å². The van der Waals surface area contributed by atoms with Gasteiger partial charge in [-0.1, -0.05) is 54.4 Å². The molecule has 0 atom stereocenters. The number of alkyl halides is 2. The molecule has 1 aromatic heterocycles. The van der Waals surface area contributed by atoms with Crippen molar-refractivity contribution in [1.82, 2.24) is 4.98 Å². The largest absolute Gasteiger partial charge is 0.478 e. The number of carbonyl (C=O) groups excluding carboxylic acids is 1. The standard InChI is InChI=1S/C27H25Cl2F3N2O3/c1-2-27(31,32)18-5-3-17(4-6-18)13-24(35)34-20-7-8-23(22(30)15-20)37-26(9-11-36-12-10-26)25-21(29)14-19(28)16-33-25/h3-8,14-16H,2,9-13H2,1H3,(H,34,35). The van der Waals surface area contributed by atoms with E-state index in [-0.39, 0.29) is 29.8 Å². The van der Waals surface area contributed by atoms with Gasteiger partial charge >= 0.3 is 0 Å². The molecule has 1 aliphatic rings. The maximum Gasteiger partial charge on any atom is 0.273 e. The van der Waals surface area contributed by atoms with Crippen molar-refractivity contribution in [3.63, 3.8) is 0 Å². The van der Waals surface area contributed by atoms with Crippen LogP contribution in [0.2, 0.25) is 10.0 Å². The fourth-order valence-corrected chi connectivity index (χ4v) is 4.72. The van der Waals surface area contributed by atoms with Gasteiger partial charge in [-0.25, -0.2) is 13.2 Å². The average molecular weight is 553 g/mol. The molecule has 4 rings (SSSR count). The molecule has 0 saturated carbocycles. The molecule has 0 aliphatic carbocycles. The lowest BCUT2D eigenvalue weighted by molar-refractivity contribution is -0.115. The minimum atomic E-state index is -2.92. The third-order valence-corrected chi connectivity index (χ3v) is 6.74. The Kier molecular flexibility index (Phi) is 8.31. The van der Waals surface area contributed by atoms with Crippen LogP contribution < -0.4 is 10.1 Å². The summed E-state index contributed by atoms with van der Waals surface area (Å²) in [6.07, 6.45) is 1.91. The summed E-state index contributed by atoms with van der Waals surface area (Å²) in [5.74, 6) is -4.04. The summed E-state index contributed by atoms with van der Waals surface area (Å²) >= 11 is 12.4. The fraction of sp³-hybridized carbons (Fsp3) is 0.333. The first-order valence-corrected chi connectivity index (χ1v) is 12.5. The number of rotatable bonds is 8. The van der Waals surface area contributed by atoms with Crippen LogP contribution in [-0.2, 0) is 27.5 Å². The van der Waals surface area contributed by atoms with Gasteiger partial charge < -0.3 is 14.8 Å². The second-order valence-corrected chi connectivity index (χ2v) is 9.66. The first kappa shape index (κ1) is 27.2. The molecular weight excluding hydrogens is 528 g/mol. The van der Waals surface area contributed by atoms with Crippen LogP contribution >= 0.6 is 23.2 Å². The monoisotopic (exact) mass is 552 g/mol. The van der Waals surface area contributed by atoms with Gasteiger partial charge in [0.2, 0.25) is 5.91 Å². The number of aromatic nitrogens is 1. The summed E-state index contributed by atoms with van der Waals surface area (Å²) in [6.45, 7) is 2.17. The average Bonchev–Trinajstić information content (AvgIpc) is 2.86. The molecule has 196 valence electrons. The summed E-state index contributed by atoms with van der Waals surface area (Å²) in [5.41, 5.74) is 0.123. The van der Waals surface area contributed by atoms with Crippen LogP contribution in [0.1, 0.15) is 43.0 Å². The molecule has 0 unspecified atom stereocenters. The molecule has 37 heavy (non-hydrogen) atoms. The van der Waals surface area contributed by atoms with E-state index in [2.05, 4.69) is 10.3 Å². The van der Waals surface area contributed by atoms with Gasteiger partial charge in [0, 0.05) is 42.8 Å². The molecule has 1 aliphatic heterocycles. The van der Waals surface area contributed by atoms with Gasteiger partial charge in [0.15, 0.2) is 17.2 Å². The number of ether oxygens (including phenoxy) is 2. The number of amides is 1. The van der Waals surface area contributed by atoms with E-state index in [1.165, 1.54) is 49.5 Å². The molecule has 1 amide bonds. The number of carbonyl (C=O) groups is 1.